The number of hydrogen-bond donors (Lipinski definition) is 2. The number of hydrogen-bond acceptors (Lipinski definition) is 4. The molecule has 1 aliphatic rings. The van der Waals surface area contributed by atoms with Gasteiger partial charge in [-0.2, -0.15) is 0 Å². The first-order chi connectivity index (χ1) is 10.2. The fraction of sp³-hybridized carbons (Fsp3) is 0.562. The van der Waals surface area contributed by atoms with Crippen LogP contribution < -0.4 is 11.1 Å². The molecule has 3 N–H and O–H groups in total. The molecule has 21 heavy (non-hydrogen) atoms. The molecule has 0 aromatic heterocycles. The Morgan fingerprint density at radius 2 is 2.19 bits per heavy atom. The maximum Gasteiger partial charge on any atom is 0.225 e. The molecule has 0 bridgehead atoms. The summed E-state index contributed by atoms with van der Waals surface area (Å²) in [5.74, 6) is 0.0445. The van der Waals surface area contributed by atoms with E-state index < -0.39 is 0 Å². The van der Waals surface area contributed by atoms with Gasteiger partial charge >= 0.3 is 0 Å². The van der Waals surface area contributed by atoms with Crippen LogP contribution in [-0.4, -0.2) is 43.7 Å². The van der Waals surface area contributed by atoms with Crippen molar-refractivity contribution in [1.29, 1.82) is 0 Å². The first-order valence-corrected chi connectivity index (χ1v) is 7.56. The van der Waals surface area contributed by atoms with Gasteiger partial charge in [0.15, 0.2) is 0 Å². The average Bonchev–Trinajstić information content (AvgIpc) is 2.53. The van der Waals surface area contributed by atoms with Crippen molar-refractivity contribution in [1.82, 2.24) is 4.90 Å². The molecule has 1 aromatic rings. The second-order valence-corrected chi connectivity index (χ2v) is 5.53. The number of carbonyl (C=O) groups excluding carboxylic acids is 1. The fourth-order valence-electron chi connectivity index (χ4n) is 2.59. The van der Waals surface area contributed by atoms with Crippen LogP contribution in [0, 0.1) is 0 Å². The van der Waals surface area contributed by atoms with Crippen molar-refractivity contribution in [3.63, 3.8) is 0 Å². The van der Waals surface area contributed by atoms with Crippen molar-refractivity contribution >= 4 is 11.6 Å². The van der Waals surface area contributed by atoms with Crippen LogP contribution >= 0.6 is 0 Å². The summed E-state index contributed by atoms with van der Waals surface area (Å²) in [5.41, 5.74) is 7.44. The van der Waals surface area contributed by atoms with Crippen LogP contribution in [0.1, 0.15) is 24.8 Å². The molecule has 1 aromatic carbocycles. The van der Waals surface area contributed by atoms with E-state index in [1.807, 2.05) is 24.3 Å². The highest BCUT2D eigenvalue weighted by Crippen LogP contribution is 2.14. The van der Waals surface area contributed by atoms with E-state index in [1.165, 1.54) is 0 Å². The zero-order valence-corrected chi connectivity index (χ0v) is 12.7. The van der Waals surface area contributed by atoms with Crippen LogP contribution in [0.4, 0.5) is 5.69 Å². The van der Waals surface area contributed by atoms with Crippen LogP contribution in [-0.2, 0) is 16.1 Å². The third-order valence-corrected chi connectivity index (χ3v) is 3.95. The van der Waals surface area contributed by atoms with Crippen molar-refractivity contribution in [2.45, 2.75) is 31.8 Å². The zero-order chi connectivity index (χ0) is 15.1. The summed E-state index contributed by atoms with van der Waals surface area (Å²) < 4.78 is 5.36. The lowest BCUT2D eigenvalue weighted by molar-refractivity contribution is -0.116. The number of ether oxygens (including phenoxy) is 1. The molecule has 0 atom stereocenters. The molecule has 1 amide bonds. The monoisotopic (exact) mass is 291 g/mol. The van der Waals surface area contributed by atoms with Crippen molar-refractivity contribution in [3.05, 3.63) is 29.8 Å². The number of nitrogens with two attached hydrogens (primary N) is 1. The fourth-order valence-corrected chi connectivity index (χ4v) is 2.59. The van der Waals surface area contributed by atoms with Gasteiger partial charge in [-0.3, -0.25) is 4.79 Å². The highest BCUT2D eigenvalue weighted by atomic mass is 16.5. The summed E-state index contributed by atoms with van der Waals surface area (Å²) in [7, 11) is 2.08. The van der Waals surface area contributed by atoms with Crippen molar-refractivity contribution in [3.8, 4) is 0 Å². The Hall–Kier alpha value is -1.43. The lowest BCUT2D eigenvalue weighted by Crippen LogP contribution is -2.38. The Morgan fingerprint density at radius 1 is 1.43 bits per heavy atom. The smallest absolute Gasteiger partial charge is 0.225 e. The SMILES string of the molecule is CN(CCC(=O)Nc1cccc(CN)c1)C1CCOCC1. The summed E-state index contributed by atoms with van der Waals surface area (Å²) >= 11 is 0. The molecular weight excluding hydrogens is 266 g/mol. The summed E-state index contributed by atoms with van der Waals surface area (Å²) in [6.07, 6.45) is 2.61. The number of nitrogens with zero attached hydrogens (tertiary/aromatic N) is 1. The van der Waals surface area contributed by atoms with Crippen molar-refractivity contribution in [2.75, 3.05) is 32.1 Å². The largest absolute Gasteiger partial charge is 0.381 e. The van der Waals surface area contributed by atoms with Crippen LogP contribution in [0.2, 0.25) is 0 Å². The summed E-state index contributed by atoms with van der Waals surface area (Å²) in [6, 6.07) is 8.20. The molecule has 5 heteroatoms. The lowest BCUT2D eigenvalue weighted by Gasteiger charge is -2.30. The predicted molar refractivity (Wildman–Crippen MR) is 84.1 cm³/mol. The van der Waals surface area contributed by atoms with Crippen LogP contribution in [0.5, 0.6) is 0 Å². The minimum absolute atomic E-state index is 0.0445. The minimum atomic E-state index is 0.0445. The van der Waals surface area contributed by atoms with E-state index in [1.54, 1.807) is 0 Å². The maximum atomic E-state index is 12.0. The van der Waals surface area contributed by atoms with Crippen LogP contribution in [0.3, 0.4) is 0 Å². The first kappa shape index (κ1) is 15.9. The third kappa shape index (κ3) is 5.12. The number of amides is 1. The van der Waals surface area contributed by atoms with E-state index in [-0.39, 0.29) is 5.91 Å². The second-order valence-electron chi connectivity index (χ2n) is 5.53. The molecule has 1 saturated heterocycles. The normalized spacial score (nSPS) is 16.1. The Kier molecular flexibility index (Phi) is 6.17. The molecule has 0 unspecified atom stereocenters. The van der Waals surface area contributed by atoms with Gasteiger partial charge in [0.05, 0.1) is 0 Å². The van der Waals surface area contributed by atoms with E-state index in [4.69, 9.17) is 10.5 Å². The van der Waals surface area contributed by atoms with Gasteiger partial charge in [-0.25, -0.2) is 0 Å². The van der Waals surface area contributed by atoms with E-state index in [9.17, 15) is 4.79 Å². The molecule has 5 nitrogen and oxygen atoms in total. The highest BCUT2D eigenvalue weighted by molar-refractivity contribution is 5.90. The summed E-state index contributed by atoms with van der Waals surface area (Å²) in [4.78, 5) is 14.3. The maximum absolute atomic E-state index is 12.0. The molecule has 0 spiro atoms. The molecule has 2 rings (SSSR count). The summed E-state index contributed by atoms with van der Waals surface area (Å²) in [6.45, 7) is 2.91. The van der Waals surface area contributed by atoms with Gasteiger partial charge in [-0.05, 0) is 37.6 Å². The molecular formula is C16H25N3O2. The molecule has 1 aliphatic heterocycles. The standard InChI is InChI=1S/C16H25N3O2/c1-19(15-6-9-21-10-7-15)8-5-16(20)18-14-4-2-3-13(11-14)12-17/h2-4,11,15H,5-10,12,17H2,1H3,(H,18,20). The van der Waals surface area contributed by atoms with Gasteiger partial charge in [-0.15, -0.1) is 0 Å². The zero-order valence-electron chi connectivity index (χ0n) is 12.7. The van der Waals surface area contributed by atoms with Crippen molar-refractivity contribution in [2.24, 2.45) is 5.73 Å². The van der Waals surface area contributed by atoms with E-state index in [2.05, 4.69) is 17.3 Å². The number of nitrogens with one attached hydrogen (secondary N) is 1. The molecule has 0 aliphatic carbocycles. The number of rotatable bonds is 6. The van der Waals surface area contributed by atoms with Gasteiger partial charge in [-0.1, -0.05) is 12.1 Å². The molecule has 0 radical (unpaired) electrons. The predicted octanol–water partition coefficient (Wildman–Crippen LogP) is 1.58. The van der Waals surface area contributed by atoms with Gasteiger partial charge in [0.2, 0.25) is 5.91 Å². The Morgan fingerprint density at radius 3 is 2.90 bits per heavy atom. The summed E-state index contributed by atoms with van der Waals surface area (Å²) in [5, 5.41) is 2.93. The van der Waals surface area contributed by atoms with E-state index in [0.717, 1.165) is 43.9 Å². The van der Waals surface area contributed by atoms with Gasteiger partial charge in [0.1, 0.15) is 0 Å². The highest BCUT2D eigenvalue weighted by Gasteiger charge is 2.18. The second kappa shape index (κ2) is 8.12. The molecule has 1 fully saturated rings. The van der Waals surface area contributed by atoms with Gasteiger partial charge in [0, 0.05) is 44.5 Å². The lowest BCUT2D eigenvalue weighted by atomic mass is 10.1. The first-order valence-electron chi connectivity index (χ1n) is 7.56. The van der Waals surface area contributed by atoms with E-state index in [0.29, 0.717) is 19.0 Å². The number of anilines is 1. The Bertz CT molecular complexity index is 459. The van der Waals surface area contributed by atoms with Crippen molar-refractivity contribution < 1.29 is 9.53 Å². The van der Waals surface area contributed by atoms with Gasteiger partial charge < -0.3 is 20.7 Å². The van der Waals surface area contributed by atoms with E-state index >= 15 is 0 Å². The number of carbonyl (C=O) groups is 1. The number of benzene rings is 1. The Balaban J connectivity index is 1.76. The quantitative estimate of drug-likeness (QED) is 0.835. The molecule has 1 heterocycles. The topological polar surface area (TPSA) is 67.6 Å². The van der Waals surface area contributed by atoms with Gasteiger partial charge in [0.25, 0.3) is 0 Å². The molecule has 0 saturated carbocycles. The minimum Gasteiger partial charge on any atom is -0.381 e. The third-order valence-electron chi connectivity index (χ3n) is 3.95. The van der Waals surface area contributed by atoms with Crippen LogP contribution in [0.15, 0.2) is 24.3 Å². The average molecular weight is 291 g/mol. The van der Waals surface area contributed by atoms with Crippen LogP contribution in [0.25, 0.3) is 0 Å². The molecule has 116 valence electrons. The Labute approximate surface area is 126 Å².